The average molecular weight is 272 g/mol. The van der Waals surface area contributed by atoms with E-state index < -0.39 is 0 Å². The van der Waals surface area contributed by atoms with Crippen molar-refractivity contribution in [3.05, 3.63) is 35.4 Å². The van der Waals surface area contributed by atoms with E-state index in [4.69, 9.17) is 4.74 Å². The number of Topliss-reactive ketones (excluding diaryl/α,β-unsaturated/α-hetero) is 1. The number of ketones is 1. The molecule has 0 amide bonds. The first-order valence-electron chi connectivity index (χ1n) is 7.42. The quantitative estimate of drug-likeness (QED) is 0.775. The molecule has 1 fully saturated rings. The summed E-state index contributed by atoms with van der Waals surface area (Å²) in [7, 11) is 1.39. The van der Waals surface area contributed by atoms with Crippen LogP contribution in [0, 0.1) is 11.8 Å². The molecule has 3 heteroatoms. The Hall–Kier alpha value is -1.64. The number of hydrogen-bond donors (Lipinski definition) is 0. The summed E-state index contributed by atoms with van der Waals surface area (Å²) < 4.78 is 4.78. The zero-order valence-electron chi connectivity index (χ0n) is 11.8. The highest BCUT2D eigenvalue weighted by molar-refractivity contribution is 6.02. The molecule has 2 aliphatic rings. The van der Waals surface area contributed by atoms with Crippen molar-refractivity contribution in [2.45, 2.75) is 38.0 Å². The van der Waals surface area contributed by atoms with Gasteiger partial charge in [-0.2, -0.15) is 0 Å². The number of benzene rings is 1. The van der Waals surface area contributed by atoms with Crippen molar-refractivity contribution >= 4 is 11.8 Å². The number of esters is 1. The van der Waals surface area contributed by atoms with E-state index in [9.17, 15) is 9.59 Å². The maximum atomic E-state index is 12.7. The summed E-state index contributed by atoms with van der Waals surface area (Å²) >= 11 is 0. The lowest BCUT2D eigenvalue weighted by Crippen LogP contribution is -2.38. The number of carbonyl (C=O) groups excluding carboxylic acids is 2. The Morgan fingerprint density at radius 2 is 2.00 bits per heavy atom. The molecule has 2 aliphatic carbocycles. The molecular weight excluding hydrogens is 252 g/mol. The molecule has 0 radical (unpaired) electrons. The molecule has 1 aromatic rings. The Bertz CT molecular complexity index is 535. The third kappa shape index (κ3) is 2.15. The predicted molar refractivity (Wildman–Crippen MR) is 75.6 cm³/mol. The van der Waals surface area contributed by atoms with E-state index in [2.05, 4.69) is 6.07 Å². The number of rotatable bonds is 2. The molecule has 1 aromatic carbocycles. The first kappa shape index (κ1) is 13.3. The van der Waals surface area contributed by atoms with Crippen LogP contribution < -0.4 is 0 Å². The van der Waals surface area contributed by atoms with Gasteiger partial charge in [0.05, 0.1) is 13.5 Å². The molecule has 20 heavy (non-hydrogen) atoms. The van der Waals surface area contributed by atoms with Gasteiger partial charge in [0, 0.05) is 11.5 Å². The fourth-order valence-electron chi connectivity index (χ4n) is 3.97. The molecule has 0 saturated heterocycles. The van der Waals surface area contributed by atoms with Crippen LogP contribution in [0.15, 0.2) is 24.3 Å². The minimum absolute atomic E-state index is 0.133. The summed E-state index contributed by atoms with van der Waals surface area (Å²) in [5.74, 6) is 0.418. The van der Waals surface area contributed by atoms with E-state index >= 15 is 0 Å². The molecular formula is C17H20O3. The smallest absolute Gasteiger partial charge is 0.306 e. The maximum Gasteiger partial charge on any atom is 0.306 e. The van der Waals surface area contributed by atoms with Gasteiger partial charge in [-0.15, -0.1) is 0 Å². The summed E-state index contributed by atoms with van der Waals surface area (Å²) in [4.78, 5) is 24.4. The van der Waals surface area contributed by atoms with E-state index in [0.29, 0.717) is 11.8 Å². The van der Waals surface area contributed by atoms with Gasteiger partial charge in [0.2, 0.25) is 0 Å². The van der Waals surface area contributed by atoms with Gasteiger partial charge in [0.15, 0.2) is 5.78 Å². The molecule has 0 heterocycles. The molecule has 106 valence electrons. The van der Waals surface area contributed by atoms with E-state index in [-0.39, 0.29) is 24.1 Å². The van der Waals surface area contributed by atoms with Crippen LogP contribution in [0.3, 0.4) is 0 Å². The van der Waals surface area contributed by atoms with E-state index in [1.807, 2.05) is 18.2 Å². The van der Waals surface area contributed by atoms with Crippen molar-refractivity contribution < 1.29 is 14.3 Å². The summed E-state index contributed by atoms with van der Waals surface area (Å²) in [5.41, 5.74) is 2.02. The lowest BCUT2D eigenvalue weighted by Gasteiger charge is -2.41. The fourth-order valence-corrected chi connectivity index (χ4v) is 3.97. The molecule has 0 aliphatic heterocycles. The van der Waals surface area contributed by atoms with Crippen LogP contribution in [0.2, 0.25) is 0 Å². The number of hydrogen-bond acceptors (Lipinski definition) is 3. The monoisotopic (exact) mass is 272 g/mol. The number of ether oxygens (including phenoxy) is 1. The summed E-state index contributed by atoms with van der Waals surface area (Å²) in [5, 5.41) is 0. The lowest BCUT2D eigenvalue weighted by atomic mass is 9.62. The molecule has 3 nitrogen and oxygen atoms in total. The number of carbonyl (C=O) groups is 2. The van der Waals surface area contributed by atoms with E-state index in [1.165, 1.54) is 19.1 Å². The van der Waals surface area contributed by atoms with Crippen LogP contribution in [0.1, 0.15) is 53.9 Å². The van der Waals surface area contributed by atoms with Gasteiger partial charge >= 0.3 is 5.97 Å². The molecule has 0 bridgehead atoms. The normalized spacial score (nSPS) is 28.4. The van der Waals surface area contributed by atoms with Crippen LogP contribution >= 0.6 is 0 Å². The Balaban J connectivity index is 1.99. The second-order valence-corrected chi connectivity index (χ2v) is 5.89. The highest BCUT2D eigenvalue weighted by atomic mass is 16.5. The Morgan fingerprint density at radius 3 is 2.80 bits per heavy atom. The largest absolute Gasteiger partial charge is 0.469 e. The average Bonchev–Trinajstić information content (AvgIpc) is 2.51. The molecule has 0 N–H and O–H groups in total. The lowest BCUT2D eigenvalue weighted by molar-refractivity contribution is -0.142. The number of methoxy groups -OCH3 is 1. The zero-order chi connectivity index (χ0) is 14.1. The van der Waals surface area contributed by atoms with Crippen molar-refractivity contribution in [3.63, 3.8) is 0 Å². The minimum Gasteiger partial charge on any atom is -0.469 e. The summed E-state index contributed by atoms with van der Waals surface area (Å²) in [6.45, 7) is 0. The molecule has 0 aromatic heterocycles. The number of fused-ring (bicyclic) bond motifs is 3. The first-order valence-corrected chi connectivity index (χ1v) is 7.42. The zero-order valence-corrected chi connectivity index (χ0v) is 11.8. The van der Waals surface area contributed by atoms with Crippen LogP contribution in [0.5, 0.6) is 0 Å². The van der Waals surface area contributed by atoms with Crippen LogP contribution in [-0.2, 0) is 9.53 Å². The molecule has 3 unspecified atom stereocenters. The van der Waals surface area contributed by atoms with Gasteiger partial charge in [-0.05, 0) is 30.2 Å². The standard InChI is InChI=1S/C17H20O3/c1-20-16(18)10-15-13-8-3-2-6-11(13)12-7-4-5-9-14(12)17(15)19/h4-5,7,9,11,13,15H,2-3,6,8,10H2,1H3. The molecule has 0 spiro atoms. The van der Waals surface area contributed by atoms with Crippen LogP contribution in [0.4, 0.5) is 0 Å². The van der Waals surface area contributed by atoms with Gasteiger partial charge in [-0.3, -0.25) is 9.59 Å². The molecule has 1 saturated carbocycles. The van der Waals surface area contributed by atoms with Crippen LogP contribution in [-0.4, -0.2) is 18.9 Å². The van der Waals surface area contributed by atoms with Crippen LogP contribution in [0.25, 0.3) is 0 Å². The van der Waals surface area contributed by atoms with E-state index in [1.54, 1.807) is 0 Å². The van der Waals surface area contributed by atoms with Gasteiger partial charge in [0.1, 0.15) is 0 Å². The molecule has 3 atom stereocenters. The van der Waals surface area contributed by atoms with Gasteiger partial charge < -0.3 is 4.74 Å². The van der Waals surface area contributed by atoms with Crippen molar-refractivity contribution in [3.8, 4) is 0 Å². The highest BCUT2D eigenvalue weighted by Gasteiger charge is 2.43. The first-order chi connectivity index (χ1) is 9.72. The second kappa shape index (κ2) is 5.39. The summed E-state index contributed by atoms with van der Waals surface area (Å²) in [6, 6.07) is 7.92. The third-order valence-corrected chi connectivity index (χ3v) is 4.91. The van der Waals surface area contributed by atoms with Crippen molar-refractivity contribution in [1.82, 2.24) is 0 Å². The molecule has 3 rings (SSSR count). The highest BCUT2D eigenvalue weighted by Crippen LogP contribution is 2.48. The van der Waals surface area contributed by atoms with E-state index in [0.717, 1.165) is 24.8 Å². The Kier molecular flexibility index (Phi) is 3.60. The topological polar surface area (TPSA) is 43.4 Å². The second-order valence-electron chi connectivity index (χ2n) is 5.89. The van der Waals surface area contributed by atoms with Gasteiger partial charge in [0.25, 0.3) is 0 Å². The Morgan fingerprint density at radius 1 is 1.25 bits per heavy atom. The van der Waals surface area contributed by atoms with Crippen molar-refractivity contribution in [2.24, 2.45) is 11.8 Å². The fraction of sp³-hybridized carbons (Fsp3) is 0.529. The maximum absolute atomic E-state index is 12.7. The Labute approximate surface area is 119 Å². The third-order valence-electron chi connectivity index (χ3n) is 4.91. The van der Waals surface area contributed by atoms with Gasteiger partial charge in [-0.25, -0.2) is 0 Å². The predicted octanol–water partition coefficient (Wildman–Crippen LogP) is 3.34. The van der Waals surface area contributed by atoms with Gasteiger partial charge in [-0.1, -0.05) is 37.1 Å². The SMILES string of the molecule is COC(=O)CC1C(=O)c2ccccc2C2CCCCC12. The van der Waals surface area contributed by atoms with Crippen molar-refractivity contribution in [1.29, 1.82) is 0 Å². The minimum atomic E-state index is -0.271. The van der Waals surface area contributed by atoms with Crippen molar-refractivity contribution in [2.75, 3.05) is 7.11 Å². The summed E-state index contributed by atoms with van der Waals surface area (Å²) in [6.07, 6.45) is 4.78.